The first-order valence-electron chi connectivity index (χ1n) is 15.5. The van der Waals surface area contributed by atoms with E-state index in [1.807, 2.05) is 30.3 Å². The lowest BCUT2D eigenvalue weighted by atomic mass is 10.1. The molecule has 0 amide bonds. The van der Waals surface area contributed by atoms with Crippen molar-refractivity contribution in [1.29, 1.82) is 0 Å². The van der Waals surface area contributed by atoms with Crippen molar-refractivity contribution < 1.29 is 22.3 Å². The molecular weight excluding hydrogens is 628 g/mol. The molecule has 0 atom stereocenters. The zero-order chi connectivity index (χ0) is 32.3. The molecule has 1 saturated heterocycles. The van der Waals surface area contributed by atoms with Gasteiger partial charge in [-0.3, -0.25) is 0 Å². The van der Waals surface area contributed by atoms with Crippen LogP contribution in [-0.2, 0) is 9.84 Å². The molecule has 2 aromatic heterocycles. The van der Waals surface area contributed by atoms with Crippen molar-refractivity contribution in [3.8, 4) is 33.3 Å². The van der Waals surface area contributed by atoms with Crippen LogP contribution in [0.25, 0.3) is 21.8 Å². The Bertz CT molecular complexity index is 1770. The van der Waals surface area contributed by atoms with Gasteiger partial charge in [0.1, 0.15) is 21.7 Å². The van der Waals surface area contributed by atoms with Gasteiger partial charge in [0, 0.05) is 63.0 Å². The average Bonchev–Trinajstić information content (AvgIpc) is 3.74. The predicted molar refractivity (Wildman–Crippen MR) is 181 cm³/mol. The van der Waals surface area contributed by atoms with Gasteiger partial charge in [0.2, 0.25) is 5.95 Å². The standard InChI is InChI=1S/C33H39FN6O4S2/c1-39(21-22-7-8-22)33-38-30(23-5-4-6-26(19-23)43-2)31(45-33)28-11-14-35-32(37-28)36-24-9-10-29(27(34)20-24)44-25-12-15-40(16-13-25)17-18-46(3,41)42/h4-6,9-11,14,19-20,22,25H,7-8,12-13,15-18,21H2,1-3H3,(H,35,36,37). The maximum absolute atomic E-state index is 15.2. The average molecular weight is 667 g/mol. The number of aromatic nitrogens is 3. The summed E-state index contributed by atoms with van der Waals surface area (Å²) in [5.74, 6) is 1.65. The van der Waals surface area contributed by atoms with E-state index >= 15 is 4.39 Å². The molecule has 4 aromatic rings. The molecule has 46 heavy (non-hydrogen) atoms. The molecule has 0 unspecified atom stereocenters. The number of ether oxygens (including phenoxy) is 2. The van der Waals surface area contributed by atoms with Gasteiger partial charge in [-0.05, 0) is 61.9 Å². The number of thiazole rings is 1. The molecule has 6 rings (SSSR count). The number of methoxy groups -OCH3 is 1. The zero-order valence-electron chi connectivity index (χ0n) is 26.3. The van der Waals surface area contributed by atoms with Gasteiger partial charge in [-0.2, -0.15) is 0 Å². The van der Waals surface area contributed by atoms with Crippen LogP contribution < -0.4 is 19.7 Å². The van der Waals surface area contributed by atoms with E-state index in [0.717, 1.165) is 39.5 Å². The van der Waals surface area contributed by atoms with Crippen LogP contribution >= 0.6 is 11.3 Å². The third-order valence-corrected chi connectivity index (χ3v) is 10.3. The Balaban J connectivity index is 1.16. The molecule has 244 valence electrons. The summed E-state index contributed by atoms with van der Waals surface area (Å²) < 4.78 is 49.6. The number of hydrogen-bond acceptors (Lipinski definition) is 11. The van der Waals surface area contributed by atoms with Crippen LogP contribution in [0, 0.1) is 11.7 Å². The third kappa shape index (κ3) is 8.31. The fourth-order valence-corrected chi connectivity index (χ4v) is 7.07. The van der Waals surface area contributed by atoms with E-state index in [1.165, 1.54) is 25.2 Å². The summed E-state index contributed by atoms with van der Waals surface area (Å²) in [4.78, 5) is 19.5. The summed E-state index contributed by atoms with van der Waals surface area (Å²) in [6.07, 6.45) is 6.73. The van der Waals surface area contributed by atoms with Gasteiger partial charge in [-0.1, -0.05) is 23.5 Å². The Morgan fingerprint density at radius 2 is 1.89 bits per heavy atom. The van der Waals surface area contributed by atoms with Crippen LogP contribution in [0.1, 0.15) is 25.7 Å². The molecule has 0 bridgehead atoms. The Labute approximate surface area is 273 Å². The lowest BCUT2D eigenvalue weighted by molar-refractivity contribution is 0.100. The van der Waals surface area contributed by atoms with Crippen molar-refractivity contribution >= 4 is 37.9 Å². The number of benzene rings is 2. The smallest absolute Gasteiger partial charge is 0.227 e. The lowest BCUT2D eigenvalue weighted by Gasteiger charge is -2.32. The number of hydrogen-bond donors (Lipinski definition) is 1. The normalized spacial score (nSPS) is 15.9. The molecule has 0 radical (unpaired) electrons. The number of halogens is 1. The highest BCUT2D eigenvalue weighted by Crippen LogP contribution is 2.41. The van der Waals surface area contributed by atoms with E-state index < -0.39 is 15.7 Å². The van der Waals surface area contributed by atoms with Crippen molar-refractivity contribution in [2.45, 2.75) is 31.8 Å². The summed E-state index contributed by atoms with van der Waals surface area (Å²) >= 11 is 1.59. The highest BCUT2D eigenvalue weighted by molar-refractivity contribution is 7.90. The van der Waals surface area contributed by atoms with Crippen molar-refractivity contribution in [3.63, 3.8) is 0 Å². The molecule has 2 aromatic carbocycles. The fourth-order valence-electron chi connectivity index (χ4n) is 5.45. The topological polar surface area (TPSA) is 110 Å². The number of sulfone groups is 1. The minimum absolute atomic E-state index is 0.130. The number of anilines is 3. The van der Waals surface area contributed by atoms with Gasteiger partial charge in [0.05, 0.1) is 29.1 Å². The fraction of sp³-hybridized carbons (Fsp3) is 0.424. The van der Waals surface area contributed by atoms with Gasteiger partial charge >= 0.3 is 0 Å². The second kappa shape index (κ2) is 13.9. The highest BCUT2D eigenvalue weighted by Gasteiger charge is 2.26. The Morgan fingerprint density at radius 3 is 2.61 bits per heavy atom. The van der Waals surface area contributed by atoms with E-state index in [1.54, 1.807) is 36.8 Å². The van der Waals surface area contributed by atoms with Crippen molar-refractivity contribution in [2.75, 3.05) is 62.6 Å². The van der Waals surface area contributed by atoms with E-state index in [0.29, 0.717) is 49.8 Å². The number of nitrogens with one attached hydrogen (secondary N) is 1. The maximum Gasteiger partial charge on any atom is 0.227 e. The first-order valence-corrected chi connectivity index (χ1v) is 18.3. The summed E-state index contributed by atoms with van der Waals surface area (Å²) in [6.45, 7) is 2.91. The largest absolute Gasteiger partial charge is 0.497 e. The first-order chi connectivity index (χ1) is 22.1. The van der Waals surface area contributed by atoms with Gasteiger partial charge in [0.15, 0.2) is 16.7 Å². The SMILES string of the molecule is COc1cccc(-c2nc(N(C)CC3CC3)sc2-c2ccnc(Nc3ccc(OC4CCN(CCS(C)(=O)=O)CC4)c(F)c3)n2)c1. The number of piperidine rings is 1. The molecule has 10 nitrogen and oxygen atoms in total. The molecule has 3 heterocycles. The molecule has 0 spiro atoms. The van der Waals surface area contributed by atoms with Crippen molar-refractivity contribution in [1.82, 2.24) is 19.9 Å². The lowest BCUT2D eigenvalue weighted by Crippen LogP contribution is -2.40. The van der Waals surface area contributed by atoms with Crippen LogP contribution in [0.3, 0.4) is 0 Å². The van der Waals surface area contributed by atoms with Crippen LogP contribution in [-0.4, -0.2) is 86.7 Å². The van der Waals surface area contributed by atoms with E-state index in [9.17, 15) is 8.42 Å². The number of rotatable bonds is 13. The second-order valence-corrected chi connectivity index (χ2v) is 15.3. The van der Waals surface area contributed by atoms with E-state index in [4.69, 9.17) is 19.4 Å². The number of nitrogens with zero attached hydrogens (tertiary/aromatic N) is 5. The maximum atomic E-state index is 15.2. The van der Waals surface area contributed by atoms with Gasteiger partial charge in [-0.25, -0.2) is 27.8 Å². The van der Waals surface area contributed by atoms with Crippen LogP contribution in [0.15, 0.2) is 54.7 Å². The van der Waals surface area contributed by atoms with E-state index in [-0.39, 0.29) is 17.6 Å². The van der Waals surface area contributed by atoms with Crippen LogP contribution in [0.4, 0.5) is 21.2 Å². The van der Waals surface area contributed by atoms with Crippen molar-refractivity contribution in [3.05, 3.63) is 60.5 Å². The Hall–Kier alpha value is -3.81. The molecule has 1 saturated carbocycles. The summed E-state index contributed by atoms with van der Waals surface area (Å²) in [7, 11) is 0.727. The van der Waals surface area contributed by atoms with Crippen LogP contribution in [0.5, 0.6) is 11.5 Å². The number of likely N-dealkylation sites (tertiary alicyclic amines) is 1. The molecular formula is C33H39FN6O4S2. The second-order valence-electron chi connectivity index (χ2n) is 12.1. The van der Waals surface area contributed by atoms with Gasteiger partial charge in [0.25, 0.3) is 0 Å². The summed E-state index contributed by atoms with van der Waals surface area (Å²) in [5, 5.41) is 4.06. The third-order valence-electron chi connectivity index (χ3n) is 8.20. The highest BCUT2D eigenvalue weighted by atomic mass is 32.2. The first kappa shape index (κ1) is 32.1. The summed E-state index contributed by atoms with van der Waals surface area (Å²) in [5.41, 5.74) is 2.96. The van der Waals surface area contributed by atoms with Crippen molar-refractivity contribution in [2.24, 2.45) is 5.92 Å². The van der Waals surface area contributed by atoms with Gasteiger partial charge in [-0.15, -0.1) is 0 Å². The molecule has 1 aliphatic heterocycles. The molecule has 1 aliphatic carbocycles. The predicted octanol–water partition coefficient (Wildman–Crippen LogP) is 5.89. The van der Waals surface area contributed by atoms with Gasteiger partial charge < -0.3 is 24.6 Å². The minimum Gasteiger partial charge on any atom is -0.497 e. The summed E-state index contributed by atoms with van der Waals surface area (Å²) in [6, 6.07) is 14.4. The minimum atomic E-state index is -3.00. The molecule has 13 heteroatoms. The Morgan fingerprint density at radius 1 is 1.09 bits per heavy atom. The van der Waals surface area contributed by atoms with E-state index in [2.05, 4.69) is 27.1 Å². The quantitative estimate of drug-likeness (QED) is 0.186. The molecule has 1 N–H and O–H groups in total. The van der Waals surface area contributed by atoms with Crippen LogP contribution in [0.2, 0.25) is 0 Å². The monoisotopic (exact) mass is 666 g/mol. The molecule has 2 aliphatic rings. The Kier molecular flexibility index (Phi) is 9.71. The molecule has 2 fully saturated rings. The zero-order valence-corrected chi connectivity index (χ0v) is 27.9.